The highest BCUT2D eigenvalue weighted by Crippen LogP contribution is 2.20. The second-order valence-electron chi connectivity index (χ2n) is 4.05. The fraction of sp³-hybridized carbons (Fsp3) is 0.188. The standard InChI is InChI=1S/C13H11NO2.C3H8/c15-13(16)11-8-4-5-9-12(11)14-10-6-2-1-3-7-10;1-3-2/h1-9,14H,(H,15,16);3H2,1-2H3. The predicted molar refractivity (Wildman–Crippen MR) is 79.1 cm³/mol. The molecule has 0 heterocycles. The molecule has 100 valence electrons. The minimum atomic E-state index is -0.931. The lowest BCUT2D eigenvalue weighted by atomic mass is 10.1. The predicted octanol–water partition coefficient (Wildman–Crippen LogP) is 4.54. The van der Waals surface area contributed by atoms with Gasteiger partial charge in [0, 0.05) is 5.69 Å². The van der Waals surface area contributed by atoms with Gasteiger partial charge in [-0.05, 0) is 24.3 Å². The summed E-state index contributed by atoms with van der Waals surface area (Å²) in [5.74, 6) is -0.931. The van der Waals surface area contributed by atoms with Crippen LogP contribution in [0.3, 0.4) is 0 Å². The maximum absolute atomic E-state index is 11.0. The van der Waals surface area contributed by atoms with E-state index in [9.17, 15) is 4.79 Å². The molecule has 0 radical (unpaired) electrons. The van der Waals surface area contributed by atoms with Crippen molar-refractivity contribution >= 4 is 17.3 Å². The zero-order valence-corrected chi connectivity index (χ0v) is 11.3. The summed E-state index contributed by atoms with van der Waals surface area (Å²) >= 11 is 0. The number of carboxylic acid groups (broad SMARTS) is 1. The van der Waals surface area contributed by atoms with E-state index in [1.165, 1.54) is 6.42 Å². The average Bonchev–Trinajstić information content (AvgIpc) is 2.41. The lowest BCUT2D eigenvalue weighted by molar-refractivity contribution is 0.0698. The highest BCUT2D eigenvalue weighted by atomic mass is 16.4. The molecule has 0 saturated carbocycles. The summed E-state index contributed by atoms with van der Waals surface area (Å²) in [5.41, 5.74) is 1.74. The monoisotopic (exact) mass is 257 g/mol. The van der Waals surface area contributed by atoms with E-state index in [1.807, 2.05) is 30.3 Å². The van der Waals surface area contributed by atoms with Gasteiger partial charge < -0.3 is 10.4 Å². The Kier molecular flexibility index (Phi) is 6.16. The number of hydrogen-bond donors (Lipinski definition) is 2. The SMILES string of the molecule is CCC.O=C(O)c1ccccc1Nc1ccccc1. The molecule has 0 atom stereocenters. The van der Waals surface area contributed by atoms with Crippen LogP contribution in [0.25, 0.3) is 0 Å². The topological polar surface area (TPSA) is 49.3 Å². The third-order valence-corrected chi connectivity index (χ3v) is 2.21. The first-order chi connectivity index (χ1) is 9.19. The van der Waals surface area contributed by atoms with Gasteiger partial charge in [-0.1, -0.05) is 50.6 Å². The van der Waals surface area contributed by atoms with Gasteiger partial charge in [0.15, 0.2) is 0 Å². The molecular formula is C16H19NO2. The molecule has 3 heteroatoms. The average molecular weight is 257 g/mol. The van der Waals surface area contributed by atoms with Crippen molar-refractivity contribution in [1.82, 2.24) is 0 Å². The normalized spacial score (nSPS) is 9.16. The first-order valence-electron chi connectivity index (χ1n) is 6.33. The van der Waals surface area contributed by atoms with Crippen molar-refractivity contribution in [2.75, 3.05) is 5.32 Å². The van der Waals surface area contributed by atoms with Crippen LogP contribution in [0.4, 0.5) is 11.4 Å². The zero-order valence-electron chi connectivity index (χ0n) is 11.3. The van der Waals surface area contributed by atoms with Crippen molar-refractivity contribution in [2.24, 2.45) is 0 Å². The Balaban J connectivity index is 0.000000550. The lowest BCUT2D eigenvalue weighted by Gasteiger charge is -2.08. The Morgan fingerprint density at radius 3 is 2.11 bits per heavy atom. The summed E-state index contributed by atoms with van der Waals surface area (Å²) in [5, 5.41) is 12.1. The Morgan fingerprint density at radius 2 is 1.53 bits per heavy atom. The van der Waals surface area contributed by atoms with E-state index in [4.69, 9.17) is 5.11 Å². The first kappa shape index (κ1) is 14.8. The van der Waals surface area contributed by atoms with Crippen LogP contribution in [0, 0.1) is 0 Å². The molecule has 2 aromatic rings. The second-order valence-corrected chi connectivity index (χ2v) is 4.05. The number of carbonyl (C=O) groups is 1. The molecule has 2 rings (SSSR count). The molecule has 3 nitrogen and oxygen atoms in total. The van der Waals surface area contributed by atoms with Crippen LogP contribution < -0.4 is 5.32 Å². The fourth-order valence-corrected chi connectivity index (χ4v) is 1.46. The molecule has 2 aromatic carbocycles. The number of nitrogens with one attached hydrogen (secondary N) is 1. The van der Waals surface area contributed by atoms with Gasteiger partial charge in [0.2, 0.25) is 0 Å². The number of rotatable bonds is 3. The summed E-state index contributed by atoms with van der Waals surface area (Å²) in [4.78, 5) is 11.0. The van der Waals surface area contributed by atoms with E-state index in [-0.39, 0.29) is 5.56 Å². The van der Waals surface area contributed by atoms with Crippen molar-refractivity contribution in [2.45, 2.75) is 20.3 Å². The van der Waals surface area contributed by atoms with E-state index in [2.05, 4.69) is 19.2 Å². The molecular weight excluding hydrogens is 238 g/mol. The summed E-state index contributed by atoms with van der Waals surface area (Å²) < 4.78 is 0. The molecule has 0 aliphatic heterocycles. The molecule has 0 bridgehead atoms. The smallest absolute Gasteiger partial charge is 0.337 e. The molecule has 0 fully saturated rings. The molecule has 19 heavy (non-hydrogen) atoms. The van der Waals surface area contributed by atoms with Gasteiger partial charge in [-0.3, -0.25) is 0 Å². The number of carboxylic acids is 1. The molecule has 0 aromatic heterocycles. The summed E-state index contributed by atoms with van der Waals surface area (Å²) in [7, 11) is 0. The Labute approximate surface area is 113 Å². The lowest BCUT2D eigenvalue weighted by Crippen LogP contribution is -2.01. The number of aromatic carboxylic acids is 1. The van der Waals surface area contributed by atoms with Crippen molar-refractivity contribution in [3.05, 3.63) is 60.2 Å². The molecule has 0 saturated heterocycles. The van der Waals surface area contributed by atoms with Gasteiger partial charge in [0.05, 0.1) is 11.3 Å². The molecule has 0 aliphatic carbocycles. The number of benzene rings is 2. The van der Waals surface area contributed by atoms with Gasteiger partial charge in [0.1, 0.15) is 0 Å². The molecule has 0 amide bonds. The van der Waals surface area contributed by atoms with E-state index in [1.54, 1.807) is 24.3 Å². The quantitative estimate of drug-likeness (QED) is 0.848. The van der Waals surface area contributed by atoms with E-state index in [0.29, 0.717) is 5.69 Å². The highest BCUT2D eigenvalue weighted by Gasteiger charge is 2.08. The number of hydrogen-bond acceptors (Lipinski definition) is 2. The van der Waals surface area contributed by atoms with Crippen LogP contribution in [-0.4, -0.2) is 11.1 Å². The van der Waals surface area contributed by atoms with Gasteiger partial charge in [0.25, 0.3) is 0 Å². The summed E-state index contributed by atoms with van der Waals surface area (Å²) in [6.45, 7) is 4.25. The van der Waals surface area contributed by atoms with Crippen molar-refractivity contribution < 1.29 is 9.90 Å². The molecule has 0 aliphatic rings. The first-order valence-corrected chi connectivity index (χ1v) is 6.33. The van der Waals surface area contributed by atoms with Gasteiger partial charge in [-0.25, -0.2) is 4.79 Å². The maximum atomic E-state index is 11.0. The van der Waals surface area contributed by atoms with Crippen molar-refractivity contribution in [3.8, 4) is 0 Å². The van der Waals surface area contributed by atoms with Crippen LogP contribution in [-0.2, 0) is 0 Å². The molecule has 0 spiro atoms. The van der Waals surface area contributed by atoms with E-state index < -0.39 is 5.97 Å². The maximum Gasteiger partial charge on any atom is 0.337 e. The number of para-hydroxylation sites is 2. The second kappa shape index (κ2) is 7.93. The zero-order chi connectivity index (χ0) is 14.1. The van der Waals surface area contributed by atoms with Gasteiger partial charge in [-0.2, -0.15) is 0 Å². The van der Waals surface area contributed by atoms with Crippen LogP contribution in [0.5, 0.6) is 0 Å². The summed E-state index contributed by atoms with van der Waals surface area (Å²) in [6.07, 6.45) is 1.25. The Morgan fingerprint density at radius 1 is 1.00 bits per heavy atom. The van der Waals surface area contributed by atoms with E-state index in [0.717, 1.165) is 5.69 Å². The van der Waals surface area contributed by atoms with Gasteiger partial charge in [-0.15, -0.1) is 0 Å². The minimum Gasteiger partial charge on any atom is -0.478 e. The fourth-order valence-electron chi connectivity index (χ4n) is 1.46. The molecule has 2 N–H and O–H groups in total. The Hall–Kier alpha value is -2.29. The largest absolute Gasteiger partial charge is 0.478 e. The third kappa shape index (κ3) is 4.84. The van der Waals surface area contributed by atoms with Crippen LogP contribution >= 0.6 is 0 Å². The number of anilines is 2. The van der Waals surface area contributed by atoms with Crippen LogP contribution in [0.15, 0.2) is 54.6 Å². The van der Waals surface area contributed by atoms with Crippen molar-refractivity contribution in [1.29, 1.82) is 0 Å². The summed E-state index contributed by atoms with van der Waals surface area (Å²) in [6, 6.07) is 16.3. The van der Waals surface area contributed by atoms with E-state index >= 15 is 0 Å². The third-order valence-electron chi connectivity index (χ3n) is 2.21. The Bertz CT molecular complexity index is 509. The van der Waals surface area contributed by atoms with Crippen LogP contribution in [0.2, 0.25) is 0 Å². The highest BCUT2D eigenvalue weighted by molar-refractivity contribution is 5.95. The van der Waals surface area contributed by atoms with Gasteiger partial charge >= 0.3 is 5.97 Å². The molecule has 0 unspecified atom stereocenters. The van der Waals surface area contributed by atoms with Crippen LogP contribution in [0.1, 0.15) is 30.6 Å². The van der Waals surface area contributed by atoms with Crippen molar-refractivity contribution in [3.63, 3.8) is 0 Å². The minimum absolute atomic E-state index is 0.270.